The van der Waals surface area contributed by atoms with Crippen molar-refractivity contribution in [1.82, 2.24) is 15.1 Å². The van der Waals surface area contributed by atoms with E-state index in [1.807, 2.05) is 0 Å². The number of aromatic nitrogens is 3. The van der Waals surface area contributed by atoms with Gasteiger partial charge in [-0.25, -0.2) is 13.6 Å². The van der Waals surface area contributed by atoms with Crippen LogP contribution in [0.25, 0.3) is 22.5 Å². The highest BCUT2D eigenvalue weighted by atomic mass is 19.2. The van der Waals surface area contributed by atoms with Gasteiger partial charge in [0.25, 0.3) is 0 Å². The van der Waals surface area contributed by atoms with Crippen LogP contribution in [0.15, 0.2) is 50.1 Å². The number of benzene rings is 2. The summed E-state index contributed by atoms with van der Waals surface area (Å²) in [6.45, 7) is 0. The van der Waals surface area contributed by atoms with Gasteiger partial charge < -0.3 is 8.94 Å². The Kier molecular flexibility index (Phi) is 3.23. The fourth-order valence-electron chi connectivity index (χ4n) is 2.36. The Balaban J connectivity index is 1.61. The zero-order valence-corrected chi connectivity index (χ0v) is 12.0. The number of rotatable bonds is 3. The second-order valence-corrected chi connectivity index (χ2v) is 5.16. The quantitative estimate of drug-likeness (QED) is 0.624. The third-order valence-electron chi connectivity index (χ3n) is 3.48. The third kappa shape index (κ3) is 2.58. The van der Waals surface area contributed by atoms with E-state index in [2.05, 4.69) is 15.1 Å². The first-order chi connectivity index (χ1) is 11.6. The lowest BCUT2D eigenvalue weighted by Gasteiger charge is -1.96. The molecule has 0 atom stereocenters. The Morgan fingerprint density at radius 1 is 1.08 bits per heavy atom. The van der Waals surface area contributed by atoms with E-state index >= 15 is 0 Å². The maximum atomic E-state index is 13.3. The van der Waals surface area contributed by atoms with E-state index in [0.29, 0.717) is 29.0 Å². The van der Waals surface area contributed by atoms with Crippen LogP contribution >= 0.6 is 0 Å². The van der Waals surface area contributed by atoms with Crippen molar-refractivity contribution < 1.29 is 17.7 Å². The molecule has 0 amide bonds. The molecule has 2 heterocycles. The number of halogens is 2. The average Bonchev–Trinajstić information content (AvgIpc) is 3.15. The van der Waals surface area contributed by atoms with Crippen LogP contribution in [0.2, 0.25) is 0 Å². The fourth-order valence-corrected chi connectivity index (χ4v) is 2.36. The lowest BCUT2D eigenvalue weighted by molar-refractivity contribution is 0.385. The molecule has 0 aliphatic rings. The molecule has 4 rings (SSSR count). The second kappa shape index (κ2) is 5.41. The van der Waals surface area contributed by atoms with Gasteiger partial charge in [-0.15, -0.1) is 0 Å². The monoisotopic (exact) mass is 329 g/mol. The average molecular weight is 329 g/mol. The molecule has 1 N–H and O–H groups in total. The first-order valence-corrected chi connectivity index (χ1v) is 6.98. The first-order valence-electron chi connectivity index (χ1n) is 6.98. The lowest BCUT2D eigenvalue weighted by atomic mass is 10.1. The van der Waals surface area contributed by atoms with Gasteiger partial charge in [0.05, 0.1) is 11.9 Å². The predicted octanol–water partition coefficient (Wildman–Crippen LogP) is 3.04. The molecule has 24 heavy (non-hydrogen) atoms. The van der Waals surface area contributed by atoms with Gasteiger partial charge >= 0.3 is 5.76 Å². The van der Waals surface area contributed by atoms with E-state index in [9.17, 15) is 13.6 Å². The van der Waals surface area contributed by atoms with Crippen molar-refractivity contribution >= 4 is 11.1 Å². The van der Waals surface area contributed by atoms with Crippen molar-refractivity contribution in [3.8, 4) is 11.4 Å². The van der Waals surface area contributed by atoms with Gasteiger partial charge in [0, 0.05) is 5.56 Å². The minimum atomic E-state index is -0.979. The molecule has 0 saturated carbocycles. The minimum absolute atomic E-state index is 0.168. The highest BCUT2D eigenvalue weighted by molar-refractivity contribution is 5.72. The van der Waals surface area contributed by atoms with Crippen molar-refractivity contribution in [2.24, 2.45) is 0 Å². The predicted molar refractivity (Wildman–Crippen MR) is 79.3 cm³/mol. The maximum absolute atomic E-state index is 13.3. The van der Waals surface area contributed by atoms with Crippen LogP contribution in [0.4, 0.5) is 8.78 Å². The normalized spacial score (nSPS) is 11.2. The zero-order valence-electron chi connectivity index (χ0n) is 12.0. The van der Waals surface area contributed by atoms with E-state index in [1.165, 1.54) is 6.07 Å². The summed E-state index contributed by atoms with van der Waals surface area (Å²) in [5.41, 5.74) is 2.16. The summed E-state index contributed by atoms with van der Waals surface area (Å²) in [4.78, 5) is 17.9. The van der Waals surface area contributed by atoms with E-state index in [-0.39, 0.29) is 5.82 Å². The summed E-state index contributed by atoms with van der Waals surface area (Å²) in [7, 11) is 0. The molecule has 0 bridgehead atoms. The van der Waals surface area contributed by atoms with Crippen molar-refractivity contribution in [3.05, 3.63) is 70.0 Å². The minimum Gasteiger partial charge on any atom is -0.408 e. The van der Waals surface area contributed by atoms with Gasteiger partial charge in [-0.05, 0) is 35.9 Å². The summed E-state index contributed by atoms with van der Waals surface area (Å²) in [5.74, 6) is -1.97. The topological polar surface area (TPSA) is 84.9 Å². The molecule has 4 aromatic rings. The molecule has 0 radical (unpaired) electrons. The van der Waals surface area contributed by atoms with E-state index in [4.69, 9.17) is 8.94 Å². The SMILES string of the molecule is O=c1[nH]c2cc(Cc3nc(-c4ccc(F)c(F)c4)no3)ccc2o1. The van der Waals surface area contributed by atoms with Crippen molar-refractivity contribution in [3.63, 3.8) is 0 Å². The van der Waals surface area contributed by atoms with Crippen molar-refractivity contribution in [1.29, 1.82) is 0 Å². The van der Waals surface area contributed by atoms with Crippen LogP contribution in [-0.4, -0.2) is 15.1 Å². The molecule has 120 valence electrons. The van der Waals surface area contributed by atoms with Crippen molar-refractivity contribution in [2.45, 2.75) is 6.42 Å². The van der Waals surface area contributed by atoms with Crippen LogP contribution in [-0.2, 0) is 6.42 Å². The molecule has 0 aliphatic heterocycles. The first kappa shape index (κ1) is 14.3. The van der Waals surface area contributed by atoms with Gasteiger partial charge in [-0.1, -0.05) is 11.2 Å². The van der Waals surface area contributed by atoms with Crippen LogP contribution < -0.4 is 5.76 Å². The van der Waals surface area contributed by atoms with Crippen LogP contribution in [0.5, 0.6) is 0 Å². The smallest absolute Gasteiger partial charge is 0.408 e. The van der Waals surface area contributed by atoms with E-state index in [0.717, 1.165) is 17.7 Å². The molecule has 0 aliphatic carbocycles. The number of hydrogen-bond donors (Lipinski definition) is 1. The van der Waals surface area contributed by atoms with E-state index in [1.54, 1.807) is 18.2 Å². The van der Waals surface area contributed by atoms with Gasteiger partial charge in [0.15, 0.2) is 17.2 Å². The second-order valence-electron chi connectivity index (χ2n) is 5.16. The largest absolute Gasteiger partial charge is 0.417 e. The van der Waals surface area contributed by atoms with Crippen LogP contribution in [0.1, 0.15) is 11.5 Å². The number of H-pyrrole nitrogens is 1. The maximum Gasteiger partial charge on any atom is 0.417 e. The highest BCUT2D eigenvalue weighted by Gasteiger charge is 2.12. The summed E-state index contributed by atoms with van der Waals surface area (Å²) in [6, 6.07) is 8.54. The number of oxazole rings is 1. The number of nitrogens with zero attached hydrogens (tertiary/aromatic N) is 2. The highest BCUT2D eigenvalue weighted by Crippen LogP contribution is 2.20. The fraction of sp³-hybridized carbons (Fsp3) is 0.0625. The van der Waals surface area contributed by atoms with Gasteiger partial charge in [0.2, 0.25) is 11.7 Å². The molecule has 6 nitrogen and oxygen atoms in total. The summed E-state index contributed by atoms with van der Waals surface area (Å²) >= 11 is 0. The molecule has 0 spiro atoms. The van der Waals surface area contributed by atoms with Crippen molar-refractivity contribution in [2.75, 3.05) is 0 Å². The van der Waals surface area contributed by atoms with E-state index < -0.39 is 17.4 Å². The molecule has 8 heteroatoms. The van der Waals surface area contributed by atoms with Gasteiger partial charge in [0.1, 0.15) is 0 Å². The van der Waals surface area contributed by atoms with Crippen LogP contribution in [0.3, 0.4) is 0 Å². The summed E-state index contributed by atoms with van der Waals surface area (Å²) in [6.07, 6.45) is 0.319. The summed E-state index contributed by atoms with van der Waals surface area (Å²) < 4.78 is 36.3. The molecule has 2 aromatic heterocycles. The van der Waals surface area contributed by atoms with Crippen LogP contribution in [0, 0.1) is 11.6 Å². The number of nitrogens with one attached hydrogen (secondary N) is 1. The number of aromatic amines is 1. The Morgan fingerprint density at radius 2 is 1.96 bits per heavy atom. The number of fused-ring (bicyclic) bond motifs is 1. The molecule has 0 saturated heterocycles. The molecule has 0 fully saturated rings. The molecule has 2 aromatic carbocycles. The molecule has 0 unspecified atom stereocenters. The Labute approximate surface area is 132 Å². The van der Waals surface area contributed by atoms with Gasteiger partial charge in [-0.3, -0.25) is 4.98 Å². The Morgan fingerprint density at radius 3 is 2.79 bits per heavy atom. The third-order valence-corrected chi connectivity index (χ3v) is 3.48. The number of hydrogen-bond acceptors (Lipinski definition) is 5. The summed E-state index contributed by atoms with van der Waals surface area (Å²) in [5, 5.41) is 3.77. The zero-order chi connectivity index (χ0) is 16.7. The molecular weight excluding hydrogens is 320 g/mol. The standard InChI is InChI=1S/C16H9F2N3O3/c17-10-3-2-9(7-11(10)18)15-20-14(24-21-15)6-8-1-4-13-12(5-8)19-16(22)23-13/h1-5,7H,6H2,(H,19,22). The lowest BCUT2D eigenvalue weighted by Crippen LogP contribution is -1.93. The molecular formula is C16H9F2N3O3. The Hall–Kier alpha value is -3.29. The van der Waals surface area contributed by atoms with Gasteiger partial charge in [-0.2, -0.15) is 4.98 Å². The Bertz CT molecular complexity index is 1100.